The number of halogens is 2. The summed E-state index contributed by atoms with van der Waals surface area (Å²) in [4.78, 5) is 44.5. The van der Waals surface area contributed by atoms with Crippen LogP contribution in [0.2, 0.25) is 10.0 Å². The van der Waals surface area contributed by atoms with Crippen molar-refractivity contribution in [1.82, 2.24) is 14.5 Å². The number of aromatic nitrogens is 2. The van der Waals surface area contributed by atoms with E-state index in [0.717, 1.165) is 5.56 Å². The second-order valence-electron chi connectivity index (χ2n) is 8.92. The van der Waals surface area contributed by atoms with Crippen LogP contribution < -0.4 is 16.2 Å². The van der Waals surface area contributed by atoms with Crippen molar-refractivity contribution in [2.45, 2.75) is 19.5 Å². The molecule has 1 aliphatic heterocycles. The lowest BCUT2D eigenvalue weighted by Crippen LogP contribution is -2.43. The first kappa shape index (κ1) is 26.3. The minimum absolute atomic E-state index is 0.0754. The van der Waals surface area contributed by atoms with Gasteiger partial charge < -0.3 is 20.6 Å². The largest absolute Gasteiger partial charge is 0.478 e. The van der Waals surface area contributed by atoms with Gasteiger partial charge in [0.2, 0.25) is 5.95 Å². The van der Waals surface area contributed by atoms with Crippen molar-refractivity contribution in [3.05, 3.63) is 116 Å². The van der Waals surface area contributed by atoms with Crippen LogP contribution in [0.15, 0.2) is 77.6 Å². The molecule has 1 aliphatic rings. The normalized spacial score (nSPS) is 12.5. The summed E-state index contributed by atoms with van der Waals surface area (Å²) in [6, 6.07) is 20.0. The third-order valence-corrected chi connectivity index (χ3v) is 6.88. The van der Waals surface area contributed by atoms with Crippen LogP contribution in [0.4, 0.5) is 16.4 Å². The lowest BCUT2D eigenvalue weighted by atomic mass is 10.1. The maximum atomic E-state index is 13.8. The molecule has 9 nitrogen and oxygen atoms in total. The van der Waals surface area contributed by atoms with E-state index in [1.807, 2.05) is 18.2 Å². The summed E-state index contributed by atoms with van der Waals surface area (Å²) in [6.07, 6.45) is 0.380. The van der Waals surface area contributed by atoms with Gasteiger partial charge in [0.25, 0.3) is 5.56 Å². The highest BCUT2D eigenvalue weighted by Gasteiger charge is 2.27. The van der Waals surface area contributed by atoms with Gasteiger partial charge in [0.1, 0.15) is 0 Å². The molecule has 39 heavy (non-hydrogen) atoms. The fourth-order valence-electron chi connectivity index (χ4n) is 4.37. The highest BCUT2D eigenvalue weighted by atomic mass is 35.5. The molecule has 0 atom stereocenters. The Labute approximate surface area is 233 Å². The second-order valence-corrected chi connectivity index (χ2v) is 9.77. The Balaban J connectivity index is 1.44. The number of hydrogen-bond acceptors (Lipinski definition) is 5. The minimum atomic E-state index is -1.02. The third kappa shape index (κ3) is 5.74. The molecule has 3 aromatic carbocycles. The molecule has 1 aromatic heterocycles. The molecule has 0 unspecified atom stereocenters. The summed E-state index contributed by atoms with van der Waals surface area (Å²) >= 11 is 12.2. The van der Waals surface area contributed by atoms with Gasteiger partial charge in [-0.05, 0) is 48.0 Å². The lowest BCUT2D eigenvalue weighted by Gasteiger charge is -2.29. The number of amides is 2. The van der Waals surface area contributed by atoms with Crippen molar-refractivity contribution in [3.8, 4) is 5.69 Å². The van der Waals surface area contributed by atoms with E-state index < -0.39 is 12.0 Å². The number of carbonyl (C=O) groups excluding carboxylic acids is 1. The van der Waals surface area contributed by atoms with Crippen molar-refractivity contribution < 1.29 is 14.7 Å². The number of anilines is 2. The second kappa shape index (κ2) is 11.2. The molecule has 2 heterocycles. The van der Waals surface area contributed by atoms with Crippen molar-refractivity contribution in [2.24, 2.45) is 0 Å². The molecular weight excluding hydrogens is 541 g/mol. The van der Waals surface area contributed by atoms with Gasteiger partial charge in [0, 0.05) is 24.5 Å². The highest BCUT2D eigenvalue weighted by molar-refractivity contribution is 6.36. The fourth-order valence-corrected chi connectivity index (χ4v) is 4.82. The monoisotopic (exact) mass is 563 g/mol. The van der Waals surface area contributed by atoms with E-state index in [2.05, 4.69) is 10.6 Å². The van der Waals surface area contributed by atoms with Crippen molar-refractivity contribution >= 4 is 46.8 Å². The van der Waals surface area contributed by atoms with Crippen LogP contribution in [-0.2, 0) is 19.5 Å². The Kier molecular flexibility index (Phi) is 7.53. The van der Waals surface area contributed by atoms with Crippen LogP contribution in [0.1, 0.15) is 27.2 Å². The molecule has 3 N–H and O–H groups in total. The molecule has 11 heteroatoms. The van der Waals surface area contributed by atoms with Crippen LogP contribution in [0.5, 0.6) is 0 Å². The van der Waals surface area contributed by atoms with Gasteiger partial charge in [-0.2, -0.15) is 0 Å². The van der Waals surface area contributed by atoms with Gasteiger partial charge >= 0.3 is 12.0 Å². The Morgan fingerprint density at radius 2 is 1.79 bits per heavy atom. The summed E-state index contributed by atoms with van der Waals surface area (Å²) in [6.45, 7) is 0.688. The molecule has 5 rings (SSSR count). The Morgan fingerprint density at radius 3 is 2.54 bits per heavy atom. The van der Waals surface area contributed by atoms with E-state index in [1.54, 1.807) is 48.5 Å². The zero-order valence-electron chi connectivity index (χ0n) is 20.5. The molecule has 2 amide bonds. The van der Waals surface area contributed by atoms with E-state index in [4.69, 9.17) is 28.2 Å². The molecule has 0 radical (unpaired) electrons. The standard InChI is InChI=1S/C28H23Cl2N5O4/c29-19-9-10-24(22(30)14-19)33-28(39)34-12-11-23-21(16-34)25(36)35(20-7-2-1-3-8-20)27(32-23)31-15-17-5-4-6-18(13-17)26(37)38/h1-10,13-14H,11-12,15-16H2,(H,31,32)(H,33,39)(H,37,38). The number of benzene rings is 3. The summed E-state index contributed by atoms with van der Waals surface area (Å²) in [5, 5.41) is 16.0. The van der Waals surface area contributed by atoms with Crippen LogP contribution in [-0.4, -0.2) is 38.1 Å². The van der Waals surface area contributed by atoms with Crippen molar-refractivity contribution in [1.29, 1.82) is 0 Å². The van der Waals surface area contributed by atoms with Gasteiger partial charge in [0.05, 0.1) is 39.8 Å². The molecule has 0 bridgehead atoms. The number of hydrogen-bond donors (Lipinski definition) is 3. The first-order valence-corrected chi connectivity index (χ1v) is 12.8. The molecule has 198 valence electrons. The zero-order valence-corrected chi connectivity index (χ0v) is 22.0. The predicted octanol–water partition coefficient (Wildman–Crippen LogP) is 5.44. The average molecular weight is 564 g/mol. The maximum absolute atomic E-state index is 13.8. The zero-order chi connectivity index (χ0) is 27.5. The van der Waals surface area contributed by atoms with Gasteiger partial charge in [-0.25, -0.2) is 19.1 Å². The topological polar surface area (TPSA) is 117 Å². The SMILES string of the molecule is O=C(O)c1cccc(CNc2nc3c(c(=O)n2-c2ccccc2)CN(C(=O)Nc2ccc(Cl)cc2Cl)CC3)c1. The molecule has 0 spiro atoms. The smallest absolute Gasteiger partial charge is 0.335 e. The van der Waals surface area contributed by atoms with Gasteiger partial charge in [-0.15, -0.1) is 0 Å². The highest BCUT2D eigenvalue weighted by Crippen LogP contribution is 2.26. The Hall–Kier alpha value is -4.34. The minimum Gasteiger partial charge on any atom is -0.478 e. The first-order valence-electron chi connectivity index (χ1n) is 12.1. The first-order chi connectivity index (χ1) is 18.8. The predicted molar refractivity (Wildman–Crippen MR) is 150 cm³/mol. The van der Waals surface area contributed by atoms with E-state index in [1.165, 1.54) is 15.5 Å². The van der Waals surface area contributed by atoms with E-state index >= 15 is 0 Å². The quantitative estimate of drug-likeness (QED) is 0.287. The molecule has 0 saturated heterocycles. The molecule has 0 fully saturated rings. The molecular formula is C28H23Cl2N5O4. The summed E-state index contributed by atoms with van der Waals surface area (Å²) in [5.74, 6) is -0.687. The Bertz CT molecular complexity index is 1620. The average Bonchev–Trinajstić information content (AvgIpc) is 2.94. The number of aromatic carboxylic acids is 1. The fraction of sp³-hybridized carbons (Fsp3) is 0.143. The number of carboxylic acids is 1. The van der Waals surface area contributed by atoms with Gasteiger partial charge in [-0.1, -0.05) is 53.5 Å². The van der Waals surface area contributed by atoms with Crippen molar-refractivity contribution in [2.75, 3.05) is 17.2 Å². The number of carboxylic acid groups (broad SMARTS) is 1. The van der Waals surface area contributed by atoms with Crippen LogP contribution >= 0.6 is 23.2 Å². The Morgan fingerprint density at radius 1 is 1.00 bits per heavy atom. The molecule has 0 saturated carbocycles. The van der Waals surface area contributed by atoms with E-state index in [-0.39, 0.29) is 24.2 Å². The number of nitrogens with one attached hydrogen (secondary N) is 2. The van der Waals surface area contributed by atoms with E-state index in [0.29, 0.717) is 51.6 Å². The summed E-state index contributed by atoms with van der Waals surface area (Å²) in [5.41, 5.74) is 2.65. The maximum Gasteiger partial charge on any atom is 0.335 e. The number of para-hydroxylation sites is 1. The number of carbonyl (C=O) groups is 2. The van der Waals surface area contributed by atoms with Crippen LogP contribution in [0.3, 0.4) is 0 Å². The van der Waals surface area contributed by atoms with Gasteiger partial charge in [0.15, 0.2) is 0 Å². The summed E-state index contributed by atoms with van der Waals surface area (Å²) in [7, 11) is 0. The lowest BCUT2D eigenvalue weighted by molar-refractivity contribution is 0.0696. The van der Waals surface area contributed by atoms with Crippen LogP contribution in [0.25, 0.3) is 5.69 Å². The number of fused-ring (bicyclic) bond motifs is 1. The number of nitrogens with zero attached hydrogens (tertiary/aromatic N) is 3. The van der Waals surface area contributed by atoms with Crippen LogP contribution in [0, 0.1) is 0 Å². The molecule has 0 aliphatic carbocycles. The van der Waals surface area contributed by atoms with E-state index in [9.17, 15) is 19.5 Å². The third-order valence-electron chi connectivity index (χ3n) is 6.33. The van der Waals surface area contributed by atoms with Gasteiger partial charge in [-0.3, -0.25) is 4.79 Å². The molecule has 4 aromatic rings. The number of urea groups is 1. The van der Waals surface area contributed by atoms with Crippen molar-refractivity contribution in [3.63, 3.8) is 0 Å². The summed E-state index contributed by atoms with van der Waals surface area (Å²) < 4.78 is 1.47. The number of rotatable bonds is 6.